The van der Waals surface area contributed by atoms with E-state index in [1.807, 2.05) is 37.3 Å². The van der Waals surface area contributed by atoms with Crippen molar-refractivity contribution in [2.24, 2.45) is 0 Å². The molecule has 0 radical (unpaired) electrons. The fourth-order valence-corrected chi connectivity index (χ4v) is 1.53. The molecule has 90 valence electrons. The van der Waals surface area contributed by atoms with Gasteiger partial charge in [0.1, 0.15) is 0 Å². The van der Waals surface area contributed by atoms with E-state index in [9.17, 15) is 4.79 Å². The van der Waals surface area contributed by atoms with Crippen LogP contribution in [0.4, 0.5) is 0 Å². The molecule has 2 rings (SSSR count). The molecule has 0 bridgehead atoms. The SMILES string of the molecule is Cc1ccc(C=Cc2cc(C(=O)O)ccn2)cc1. The molecule has 0 spiro atoms. The number of nitrogens with zero attached hydrogens (tertiary/aromatic N) is 1. The van der Waals surface area contributed by atoms with E-state index in [4.69, 9.17) is 5.11 Å². The lowest BCUT2D eigenvalue weighted by atomic mass is 10.1. The quantitative estimate of drug-likeness (QED) is 0.894. The molecule has 18 heavy (non-hydrogen) atoms. The molecule has 0 unspecified atom stereocenters. The number of rotatable bonds is 3. The van der Waals surface area contributed by atoms with Crippen molar-refractivity contribution in [3.8, 4) is 0 Å². The van der Waals surface area contributed by atoms with Gasteiger partial charge in [0.05, 0.1) is 11.3 Å². The number of carbonyl (C=O) groups is 1. The average Bonchev–Trinajstić information content (AvgIpc) is 2.38. The van der Waals surface area contributed by atoms with Crippen molar-refractivity contribution in [3.63, 3.8) is 0 Å². The lowest BCUT2D eigenvalue weighted by Crippen LogP contribution is -1.96. The molecule has 0 saturated carbocycles. The molecule has 3 nitrogen and oxygen atoms in total. The van der Waals surface area contributed by atoms with Crippen molar-refractivity contribution in [2.45, 2.75) is 6.92 Å². The lowest BCUT2D eigenvalue weighted by Gasteiger charge is -1.97. The largest absolute Gasteiger partial charge is 0.478 e. The highest BCUT2D eigenvalue weighted by Gasteiger charge is 2.01. The number of carboxylic acids is 1. The van der Waals surface area contributed by atoms with Crippen molar-refractivity contribution < 1.29 is 9.90 Å². The first-order valence-electron chi connectivity index (χ1n) is 5.59. The van der Waals surface area contributed by atoms with Crippen LogP contribution in [0.5, 0.6) is 0 Å². The minimum atomic E-state index is -0.942. The van der Waals surface area contributed by atoms with Crippen molar-refractivity contribution in [1.82, 2.24) is 4.98 Å². The van der Waals surface area contributed by atoms with Crippen molar-refractivity contribution in [2.75, 3.05) is 0 Å². The Balaban J connectivity index is 2.20. The Morgan fingerprint density at radius 1 is 1.17 bits per heavy atom. The smallest absolute Gasteiger partial charge is 0.335 e. The highest BCUT2D eigenvalue weighted by atomic mass is 16.4. The van der Waals surface area contributed by atoms with E-state index >= 15 is 0 Å². The van der Waals surface area contributed by atoms with E-state index in [0.717, 1.165) is 5.56 Å². The highest BCUT2D eigenvalue weighted by molar-refractivity contribution is 5.88. The minimum Gasteiger partial charge on any atom is -0.478 e. The van der Waals surface area contributed by atoms with Gasteiger partial charge in [0, 0.05) is 6.20 Å². The minimum absolute atomic E-state index is 0.244. The summed E-state index contributed by atoms with van der Waals surface area (Å²) in [6.45, 7) is 2.03. The molecule has 1 aromatic carbocycles. The second kappa shape index (κ2) is 5.27. The standard InChI is InChI=1S/C15H13NO2/c1-11-2-4-12(5-3-11)6-7-14-10-13(15(17)18)8-9-16-14/h2-10H,1H3,(H,17,18). The summed E-state index contributed by atoms with van der Waals surface area (Å²) in [5, 5.41) is 8.87. The molecule has 0 aliphatic carbocycles. The summed E-state index contributed by atoms with van der Waals surface area (Å²) >= 11 is 0. The predicted molar refractivity (Wildman–Crippen MR) is 71.3 cm³/mol. The number of carboxylic acid groups (broad SMARTS) is 1. The van der Waals surface area contributed by atoms with Crippen molar-refractivity contribution >= 4 is 18.1 Å². The third-order valence-electron chi connectivity index (χ3n) is 2.55. The molecular weight excluding hydrogens is 226 g/mol. The van der Waals surface area contributed by atoms with Crippen LogP contribution in [0.15, 0.2) is 42.6 Å². The van der Waals surface area contributed by atoms with E-state index in [1.165, 1.54) is 17.8 Å². The first-order chi connectivity index (χ1) is 8.65. The van der Waals surface area contributed by atoms with Gasteiger partial charge < -0.3 is 5.11 Å². The molecule has 0 aliphatic rings. The van der Waals surface area contributed by atoms with Crippen molar-refractivity contribution in [1.29, 1.82) is 0 Å². The van der Waals surface area contributed by atoms with E-state index in [1.54, 1.807) is 12.1 Å². The summed E-state index contributed by atoms with van der Waals surface area (Å²) in [4.78, 5) is 14.9. The average molecular weight is 239 g/mol. The molecule has 0 saturated heterocycles. The third kappa shape index (κ3) is 3.04. The zero-order chi connectivity index (χ0) is 13.0. The summed E-state index contributed by atoms with van der Waals surface area (Å²) < 4.78 is 0. The molecule has 0 aliphatic heterocycles. The second-order valence-electron chi connectivity index (χ2n) is 4.02. The van der Waals surface area contributed by atoms with Gasteiger partial charge in [-0.3, -0.25) is 4.98 Å². The zero-order valence-electron chi connectivity index (χ0n) is 10.00. The molecule has 1 N–H and O–H groups in total. The monoisotopic (exact) mass is 239 g/mol. The van der Waals surface area contributed by atoms with Gasteiger partial charge >= 0.3 is 5.97 Å². The van der Waals surface area contributed by atoms with Crippen LogP contribution in [0.1, 0.15) is 27.2 Å². The Bertz CT molecular complexity index is 586. The Kier molecular flexibility index (Phi) is 3.53. The van der Waals surface area contributed by atoms with E-state index < -0.39 is 5.97 Å². The second-order valence-corrected chi connectivity index (χ2v) is 4.02. The van der Waals surface area contributed by atoms with Crippen LogP contribution in [0, 0.1) is 6.92 Å². The van der Waals surface area contributed by atoms with Crippen LogP contribution >= 0.6 is 0 Å². The summed E-state index contributed by atoms with van der Waals surface area (Å²) in [5.74, 6) is -0.942. The van der Waals surface area contributed by atoms with Gasteiger partial charge in [-0.25, -0.2) is 4.79 Å². The van der Waals surface area contributed by atoms with Gasteiger partial charge in [0.2, 0.25) is 0 Å². The molecule has 0 fully saturated rings. The first kappa shape index (κ1) is 12.0. The number of hydrogen-bond acceptors (Lipinski definition) is 2. The summed E-state index contributed by atoms with van der Waals surface area (Å²) in [7, 11) is 0. The molecule has 0 amide bonds. The lowest BCUT2D eigenvalue weighted by molar-refractivity contribution is 0.0696. The normalized spacial score (nSPS) is 10.7. The Labute approximate surface area is 105 Å². The fourth-order valence-electron chi connectivity index (χ4n) is 1.53. The van der Waals surface area contributed by atoms with Gasteiger partial charge in [-0.2, -0.15) is 0 Å². The van der Waals surface area contributed by atoms with Gasteiger partial charge in [0.15, 0.2) is 0 Å². The molecular formula is C15H13NO2. The van der Waals surface area contributed by atoms with E-state index in [0.29, 0.717) is 5.69 Å². The predicted octanol–water partition coefficient (Wildman–Crippen LogP) is 3.26. The number of aromatic carboxylic acids is 1. The van der Waals surface area contributed by atoms with E-state index in [2.05, 4.69) is 4.98 Å². The number of pyridine rings is 1. The Hall–Kier alpha value is -2.42. The van der Waals surface area contributed by atoms with Crippen LogP contribution in [0.25, 0.3) is 12.2 Å². The van der Waals surface area contributed by atoms with Crippen LogP contribution in [0.2, 0.25) is 0 Å². The topological polar surface area (TPSA) is 50.2 Å². The first-order valence-corrected chi connectivity index (χ1v) is 5.59. The number of hydrogen-bond donors (Lipinski definition) is 1. The Morgan fingerprint density at radius 3 is 2.56 bits per heavy atom. The maximum Gasteiger partial charge on any atom is 0.335 e. The van der Waals surface area contributed by atoms with Gasteiger partial charge in [-0.1, -0.05) is 35.9 Å². The maximum absolute atomic E-state index is 10.8. The third-order valence-corrected chi connectivity index (χ3v) is 2.55. The maximum atomic E-state index is 10.8. The van der Waals surface area contributed by atoms with Crippen molar-refractivity contribution in [3.05, 3.63) is 65.0 Å². The Morgan fingerprint density at radius 2 is 1.89 bits per heavy atom. The molecule has 3 heteroatoms. The van der Waals surface area contributed by atoms with Gasteiger partial charge in [-0.05, 0) is 30.7 Å². The van der Waals surface area contributed by atoms with Crippen LogP contribution in [-0.4, -0.2) is 16.1 Å². The van der Waals surface area contributed by atoms with Gasteiger partial charge in [0.25, 0.3) is 0 Å². The number of aryl methyl sites for hydroxylation is 1. The molecule has 1 aromatic heterocycles. The van der Waals surface area contributed by atoms with Crippen LogP contribution in [-0.2, 0) is 0 Å². The fraction of sp³-hybridized carbons (Fsp3) is 0.0667. The molecule has 1 heterocycles. The summed E-state index contributed by atoms with van der Waals surface area (Å²) in [5.41, 5.74) is 3.14. The highest BCUT2D eigenvalue weighted by Crippen LogP contribution is 2.09. The summed E-state index contributed by atoms with van der Waals surface area (Å²) in [6.07, 6.45) is 5.21. The molecule has 0 atom stereocenters. The number of aromatic nitrogens is 1. The zero-order valence-corrected chi connectivity index (χ0v) is 10.00. The van der Waals surface area contributed by atoms with Crippen LogP contribution in [0.3, 0.4) is 0 Å². The molecule has 2 aromatic rings. The van der Waals surface area contributed by atoms with E-state index in [-0.39, 0.29) is 5.56 Å². The van der Waals surface area contributed by atoms with Crippen LogP contribution < -0.4 is 0 Å². The summed E-state index contributed by atoms with van der Waals surface area (Å²) in [6, 6.07) is 11.1. The van der Waals surface area contributed by atoms with Gasteiger partial charge in [-0.15, -0.1) is 0 Å². The number of benzene rings is 1.